The van der Waals surface area contributed by atoms with Crippen LogP contribution in [-0.2, 0) is 4.79 Å². The van der Waals surface area contributed by atoms with E-state index in [1.165, 1.54) is 22.7 Å². The maximum atomic E-state index is 14.2. The highest BCUT2D eigenvalue weighted by Crippen LogP contribution is 2.35. The molecule has 0 atom stereocenters. The standard InChI is InChI=1S/C23H18FN3OS2/c1-3-11-26-22(28)20(30-23(26)29)13-17-14-27(18-7-5-4-6-8-18)25-21(17)16-10-9-15(2)19(24)12-16/h3-10,12-14H,1,11H2,2H3. The Hall–Kier alpha value is -3.03. The molecule has 4 nitrogen and oxygen atoms in total. The van der Waals surface area contributed by atoms with Crippen molar-refractivity contribution in [2.24, 2.45) is 0 Å². The zero-order valence-electron chi connectivity index (χ0n) is 16.2. The summed E-state index contributed by atoms with van der Waals surface area (Å²) in [6, 6.07) is 14.6. The molecule has 4 rings (SSSR count). The molecule has 150 valence electrons. The number of carbonyl (C=O) groups excluding carboxylic acids is 1. The number of hydrogen-bond donors (Lipinski definition) is 0. The number of amides is 1. The lowest BCUT2D eigenvalue weighted by Gasteiger charge is -2.10. The van der Waals surface area contributed by atoms with Crippen LogP contribution >= 0.6 is 24.0 Å². The number of carbonyl (C=O) groups is 1. The van der Waals surface area contributed by atoms with Crippen molar-refractivity contribution in [1.82, 2.24) is 14.7 Å². The van der Waals surface area contributed by atoms with Crippen LogP contribution in [0.1, 0.15) is 11.1 Å². The van der Waals surface area contributed by atoms with Crippen LogP contribution in [0.15, 0.2) is 72.3 Å². The van der Waals surface area contributed by atoms with Gasteiger partial charge in [-0.25, -0.2) is 9.07 Å². The molecular formula is C23H18FN3OS2. The Morgan fingerprint density at radius 2 is 2.00 bits per heavy atom. The van der Waals surface area contributed by atoms with Crippen LogP contribution < -0.4 is 0 Å². The Kier molecular flexibility index (Phi) is 5.65. The maximum Gasteiger partial charge on any atom is 0.266 e. The number of hydrogen-bond acceptors (Lipinski definition) is 4. The fourth-order valence-corrected chi connectivity index (χ4v) is 4.36. The number of benzene rings is 2. The van der Waals surface area contributed by atoms with Crippen LogP contribution in [0.2, 0.25) is 0 Å². The molecule has 1 aliphatic rings. The predicted molar refractivity (Wildman–Crippen MR) is 124 cm³/mol. The van der Waals surface area contributed by atoms with Crippen molar-refractivity contribution >= 4 is 40.3 Å². The second kappa shape index (κ2) is 8.38. The number of para-hydroxylation sites is 1. The molecule has 1 fully saturated rings. The van der Waals surface area contributed by atoms with Gasteiger partial charge in [-0.15, -0.1) is 6.58 Å². The first-order valence-corrected chi connectivity index (χ1v) is 10.5. The average molecular weight is 436 g/mol. The molecule has 3 aromatic rings. The van der Waals surface area contributed by atoms with Crippen LogP contribution in [0, 0.1) is 12.7 Å². The lowest BCUT2D eigenvalue weighted by atomic mass is 10.1. The van der Waals surface area contributed by atoms with E-state index >= 15 is 0 Å². The van der Waals surface area contributed by atoms with Crippen molar-refractivity contribution in [2.75, 3.05) is 6.54 Å². The second-order valence-electron chi connectivity index (χ2n) is 6.76. The normalized spacial score (nSPS) is 15.3. The van der Waals surface area contributed by atoms with E-state index in [1.54, 1.807) is 29.8 Å². The van der Waals surface area contributed by atoms with E-state index in [2.05, 4.69) is 11.7 Å². The molecule has 1 saturated heterocycles. The molecular weight excluding hydrogens is 417 g/mol. The zero-order valence-corrected chi connectivity index (χ0v) is 17.8. The largest absolute Gasteiger partial charge is 0.289 e. The predicted octanol–water partition coefficient (Wildman–Crippen LogP) is 5.37. The highest BCUT2D eigenvalue weighted by Gasteiger charge is 2.31. The van der Waals surface area contributed by atoms with E-state index in [-0.39, 0.29) is 11.7 Å². The van der Waals surface area contributed by atoms with Crippen LogP contribution in [-0.4, -0.2) is 31.5 Å². The molecule has 1 aromatic heterocycles. The second-order valence-corrected chi connectivity index (χ2v) is 8.43. The molecule has 0 unspecified atom stereocenters. The van der Waals surface area contributed by atoms with Crippen LogP contribution in [0.25, 0.3) is 23.0 Å². The molecule has 7 heteroatoms. The minimum absolute atomic E-state index is 0.168. The SMILES string of the molecule is C=CCN1C(=O)C(=Cc2cn(-c3ccccc3)nc2-c2ccc(C)c(F)c2)SC1=S. The minimum atomic E-state index is -0.301. The van der Waals surface area contributed by atoms with Gasteiger partial charge in [0.1, 0.15) is 15.8 Å². The van der Waals surface area contributed by atoms with Crippen LogP contribution in [0.5, 0.6) is 0 Å². The van der Waals surface area contributed by atoms with Gasteiger partial charge in [0, 0.05) is 23.9 Å². The first-order chi connectivity index (χ1) is 14.5. The molecule has 1 amide bonds. The third kappa shape index (κ3) is 3.86. The minimum Gasteiger partial charge on any atom is -0.289 e. The summed E-state index contributed by atoms with van der Waals surface area (Å²) in [5.41, 5.74) is 3.37. The van der Waals surface area contributed by atoms with Crippen molar-refractivity contribution < 1.29 is 9.18 Å². The Labute approximate surface area is 183 Å². The monoisotopic (exact) mass is 435 g/mol. The third-order valence-electron chi connectivity index (χ3n) is 4.68. The number of thioether (sulfide) groups is 1. The van der Waals surface area contributed by atoms with Crippen molar-refractivity contribution in [3.05, 3.63) is 89.2 Å². The van der Waals surface area contributed by atoms with Gasteiger partial charge < -0.3 is 0 Å². The molecule has 0 spiro atoms. The molecule has 2 heterocycles. The van der Waals surface area contributed by atoms with Gasteiger partial charge in [-0.2, -0.15) is 5.10 Å². The van der Waals surface area contributed by atoms with Crippen molar-refractivity contribution in [1.29, 1.82) is 0 Å². The van der Waals surface area contributed by atoms with Gasteiger partial charge in [0.25, 0.3) is 5.91 Å². The topological polar surface area (TPSA) is 38.1 Å². The number of thiocarbonyl (C=S) groups is 1. The summed E-state index contributed by atoms with van der Waals surface area (Å²) in [6.07, 6.45) is 5.24. The zero-order chi connectivity index (χ0) is 21.3. The highest BCUT2D eigenvalue weighted by molar-refractivity contribution is 8.26. The van der Waals surface area contributed by atoms with Crippen LogP contribution in [0.4, 0.5) is 4.39 Å². The summed E-state index contributed by atoms with van der Waals surface area (Å²) >= 11 is 6.57. The van der Waals surface area contributed by atoms with E-state index < -0.39 is 0 Å². The molecule has 0 radical (unpaired) electrons. The Morgan fingerprint density at radius 3 is 2.70 bits per heavy atom. The Morgan fingerprint density at radius 1 is 1.23 bits per heavy atom. The van der Waals surface area contributed by atoms with Gasteiger partial charge >= 0.3 is 0 Å². The first-order valence-electron chi connectivity index (χ1n) is 9.26. The van der Waals surface area contributed by atoms with Gasteiger partial charge in [0.2, 0.25) is 0 Å². The summed E-state index contributed by atoms with van der Waals surface area (Å²) in [5.74, 6) is -0.469. The molecule has 1 aliphatic heterocycles. The van der Waals surface area contributed by atoms with Gasteiger partial charge in [-0.05, 0) is 36.8 Å². The van der Waals surface area contributed by atoms with Gasteiger partial charge in [-0.1, -0.05) is 60.4 Å². The molecule has 2 aromatic carbocycles. The molecule has 0 aliphatic carbocycles. The van der Waals surface area contributed by atoms with E-state index in [0.29, 0.717) is 38.2 Å². The fourth-order valence-electron chi connectivity index (χ4n) is 3.10. The Bertz CT molecular complexity index is 1180. The third-order valence-corrected chi connectivity index (χ3v) is 6.06. The van der Waals surface area contributed by atoms with E-state index in [9.17, 15) is 9.18 Å². The summed E-state index contributed by atoms with van der Waals surface area (Å²) in [6.45, 7) is 5.76. The number of rotatable bonds is 5. The lowest BCUT2D eigenvalue weighted by Crippen LogP contribution is -2.27. The quantitative estimate of drug-likeness (QED) is 0.307. The van der Waals surface area contributed by atoms with Crippen LogP contribution in [0.3, 0.4) is 0 Å². The van der Waals surface area contributed by atoms with E-state index in [1.807, 2.05) is 42.6 Å². The van der Waals surface area contributed by atoms with Crippen molar-refractivity contribution in [3.63, 3.8) is 0 Å². The van der Waals surface area contributed by atoms with Crippen molar-refractivity contribution in [2.45, 2.75) is 6.92 Å². The Balaban J connectivity index is 1.83. The lowest BCUT2D eigenvalue weighted by molar-refractivity contribution is -0.121. The average Bonchev–Trinajstić information content (AvgIpc) is 3.28. The van der Waals surface area contributed by atoms with E-state index in [4.69, 9.17) is 12.2 Å². The molecule has 0 N–H and O–H groups in total. The van der Waals surface area contributed by atoms with Gasteiger partial charge in [0.05, 0.1) is 10.6 Å². The molecule has 0 saturated carbocycles. The summed E-state index contributed by atoms with van der Waals surface area (Å²) < 4.78 is 16.5. The summed E-state index contributed by atoms with van der Waals surface area (Å²) in [4.78, 5) is 14.8. The number of aromatic nitrogens is 2. The highest BCUT2D eigenvalue weighted by atomic mass is 32.2. The van der Waals surface area contributed by atoms with E-state index in [0.717, 1.165) is 5.69 Å². The molecule has 0 bridgehead atoms. The first kappa shape index (κ1) is 20.3. The molecule has 30 heavy (non-hydrogen) atoms. The van der Waals surface area contributed by atoms with Gasteiger partial charge in [-0.3, -0.25) is 9.69 Å². The summed E-state index contributed by atoms with van der Waals surface area (Å²) in [5, 5.41) is 4.69. The number of aryl methyl sites for hydroxylation is 1. The summed E-state index contributed by atoms with van der Waals surface area (Å²) in [7, 11) is 0. The number of nitrogens with zero attached hydrogens (tertiary/aromatic N) is 3. The van der Waals surface area contributed by atoms with Crippen molar-refractivity contribution in [3.8, 4) is 16.9 Å². The smallest absolute Gasteiger partial charge is 0.266 e. The van der Waals surface area contributed by atoms with Gasteiger partial charge in [0.15, 0.2) is 0 Å². The maximum absolute atomic E-state index is 14.2. The fraction of sp³-hybridized carbons (Fsp3) is 0.0870. The number of halogens is 1.